The summed E-state index contributed by atoms with van der Waals surface area (Å²) in [4.78, 5) is 25.0. The average Bonchev–Trinajstić information content (AvgIpc) is 3.49. The van der Waals surface area contributed by atoms with Crippen molar-refractivity contribution in [2.45, 2.75) is 39.5 Å². The van der Waals surface area contributed by atoms with Crippen molar-refractivity contribution in [2.75, 3.05) is 11.9 Å². The van der Waals surface area contributed by atoms with Gasteiger partial charge in [0.2, 0.25) is 11.8 Å². The van der Waals surface area contributed by atoms with Crippen molar-refractivity contribution in [2.24, 2.45) is 11.8 Å². The number of anilines is 1. The SMILES string of the molecule is CCc1cccc(CC)c1NC(=O)C1CC1C(=O)NCCc1cccc(Cl)c1. The highest BCUT2D eigenvalue weighted by molar-refractivity contribution is 6.30. The number of nitrogens with one attached hydrogen (secondary N) is 2. The maximum Gasteiger partial charge on any atom is 0.228 e. The number of hydrogen-bond donors (Lipinski definition) is 2. The van der Waals surface area contributed by atoms with E-state index in [9.17, 15) is 9.59 Å². The highest BCUT2D eigenvalue weighted by atomic mass is 35.5. The van der Waals surface area contributed by atoms with E-state index in [4.69, 9.17) is 11.6 Å². The molecule has 3 rings (SSSR count). The minimum Gasteiger partial charge on any atom is -0.356 e. The fraction of sp³-hybridized carbons (Fsp3) is 0.391. The highest BCUT2D eigenvalue weighted by Crippen LogP contribution is 2.40. The fourth-order valence-electron chi connectivity index (χ4n) is 3.55. The zero-order chi connectivity index (χ0) is 20.1. The lowest BCUT2D eigenvalue weighted by molar-refractivity contribution is -0.125. The van der Waals surface area contributed by atoms with Crippen LogP contribution in [0, 0.1) is 11.8 Å². The van der Waals surface area contributed by atoms with Gasteiger partial charge in [0.15, 0.2) is 0 Å². The molecule has 1 saturated carbocycles. The fourth-order valence-corrected chi connectivity index (χ4v) is 3.76. The Morgan fingerprint density at radius 3 is 2.29 bits per heavy atom. The second-order valence-corrected chi connectivity index (χ2v) is 7.70. The van der Waals surface area contributed by atoms with Gasteiger partial charge in [-0.25, -0.2) is 0 Å². The maximum absolute atomic E-state index is 12.7. The van der Waals surface area contributed by atoms with E-state index in [-0.39, 0.29) is 23.7 Å². The Labute approximate surface area is 171 Å². The van der Waals surface area contributed by atoms with E-state index in [1.807, 2.05) is 42.5 Å². The number of halogens is 1. The van der Waals surface area contributed by atoms with Gasteiger partial charge in [0.05, 0.1) is 11.8 Å². The summed E-state index contributed by atoms with van der Waals surface area (Å²) >= 11 is 5.98. The van der Waals surface area contributed by atoms with E-state index in [0.717, 1.165) is 41.6 Å². The molecule has 0 spiro atoms. The molecule has 0 aliphatic heterocycles. The number of aryl methyl sites for hydroxylation is 2. The van der Waals surface area contributed by atoms with Crippen LogP contribution in [0.4, 0.5) is 5.69 Å². The summed E-state index contributed by atoms with van der Waals surface area (Å²) in [7, 11) is 0. The van der Waals surface area contributed by atoms with Crippen LogP contribution in [0.5, 0.6) is 0 Å². The highest BCUT2D eigenvalue weighted by Gasteiger charge is 2.48. The summed E-state index contributed by atoms with van der Waals surface area (Å²) < 4.78 is 0. The number of rotatable bonds is 8. The predicted molar refractivity (Wildman–Crippen MR) is 114 cm³/mol. The molecule has 0 bridgehead atoms. The summed E-state index contributed by atoms with van der Waals surface area (Å²) in [5, 5.41) is 6.72. The molecule has 2 aromatic rings. The third-order valence-corrected chi connectivity index (χ3v) is 5.55. The van der Waals surface area contributed by atoms with E-state index < -0.39 is 0 Å². The predicted octanol–water partition coefficient (Wildman–Crippen LogP) is 4.40. The monoisotopic (exact) mass is 398 g/mol. The lowest BCUT2D eigenvalue weighted by atomic mass is 10.0. The first-order chi connectivity index (χ1) is 13.5. The number of carbonyl (C=O) groups is 2. The van der Waals surface area contributed by atoms with Gasteiger partial charge in [-0.3, -0.25) is 9.59 Å². The third kappa shape index (κ3) is 4.93. The molecule has 0 aromatic heterocycles. The molecule has 4 nitrogen and oxygen atoms in total. The largest absolute Gasteiger partial charge is 0.356 e. The molecule has 0 radical (unpaired) electrons. The number of hydrogen-bond acceptors (Lipinski definition) is 2. The summed E-state index contributed by atoms with van der Waals surface area (Å²) in [6.45, 7) is 4.71. The van der Waals surface area contributed by atoms with Crippen molar-refractivity contribution in [3.05, 3.63) is 64.2 Å². The van der Waals surface area contributed by atoms with Gasteiger partial charge in [-0.1, -0.05) is 55.8 Å². The van der Waals surface area contributed by atoms with Gasteiger partial charge >= 0.3 is 0 Å². The zero-order valence-corrected chi connectivity index (χ0v) is 17.2. The van der Waals surface area contributed by atoms with Crippen LogP contribution in [0.25, 0.3) is 0 Å². The van der Waals surface area contributed by atoms with Crippen LogP contribution in [0.3, 0.4) is 0 Å². The topological polar surface area (TPSA) is 58.2 Å². The Morgan fingerprint density at radius 2 is 1.64 bits per heavy atom. The summed E-state index contributed by atoms with van der Waals surface area (Å²) in [5.74, 6) is -0.550. The van der Waals surface area contributed by atoms with Gasteiger partial charge in [0, 0.05) is 17.3 Å². The smallest absolute Gasteiger partial charge is 0.228 e. The number of para-hydroxylation sites is 1. The molecule has 0 saturated heterocycles. The number of benzene rings is 2. The molecule has 2 amide bonds. The third-order valence-electron chi connectivity index (χ3n) is 5.31. The molecule has 1 aliphatic carbocycles. The van der Waals surface area contributed by atoms with E-state index in [2.05, 4.69) is 24.5 Å². The first kappa shape index (κ1) is 20.4. The standard InChI is InChI=1S/C23H27ClN2O2/c1-3-16-8-6-9-17(4-2)21(16)26-23(28)20-14-19(20)22(27)25-12-11-15-7-5-10-18(24)13-15/h5-10,13,19-20H,3-4,11-12,14H2,1-2H3,(H,25,27)(H,26,28). The maximum atomic E-state index is 12.7. The van der Waals surface area contributed by atoms with Gasteiger partial charge in [-0.15, -0.1) is 0 Å². The number of amides is 2. The van der Waals surface area contributed by atoms with E-state index in [1.54, 1.807) is 0 Å². The Balaban J connectivity index is 1.51. The van der Waals surface area contributed by atoms with Crippen molar-refractivity contribution in [3.8, 4) is 0 Å². The molecular formula is C23H27ClN2O2. The van der Waals surface area contributed by atoms with E-state index in [0.29, 0.717) is 18.0 Å². The molecule has 5 heteroatoms. The number of carbonyl (C=O) groups excluding carboxylic acids is 2. The van der Waals surface area contributed by atoms with Gasteiger partial charge in [0.1, 0.15) is 0 Å². The molecule has 2 N–H and O–H groups in total. The molecule has 2 aromatic carbocycles. The molecule has 2 unspecified atom stereocenters. The summed E-state index contributed by atoms with van der Waals surface area (Å²) in [6.07, 6.45) is 3.06. The van der Waals surface area contributed by atoms with Crippen LogP contribution < -0.4 is 10.6 Å². The first-order valence-electron chi connectivity index (χ1n) is 9.97. The van der Waals surface area contributed by atoms with E-state index >= 15 is 0 Å². The average molecular weight is 399 g/mol. The van der Waals surface area contributed by atoms with Crippen molar-refractivity contribution >= 4 is 29.1 Å². The second-order valence-electron chi connectivity index (χ2n) is 7.27. The van der Waals surface area contributed by atoms with Gasteiger partial charge in [0.25, 0.3) is 0 Å². The minimum absolute atomic E-state index is 0.0401. The summed E-state index contributed by atoms with van der Waals surface area (Å²) in [6, 6.07) is 13.7. The zero-order valence-electron chi connectivity index (χ0n) is 16.4. The van der Waals surface area contributed by atoms with Crippen LogP contribution in [0.1, 0.15) is 37.0 Å². The van der Waals surface area contributed by atoms with Crippen LogP contribution in [-0.4, -0.2) is 18.4 Å². The van der Waals surface area contributed by atoms with Gasteiger partial charge < -0.3 is 10.6 Å². The lowest BCUT2D eigenvalue weighted by Crippen LogP contribution is -2.29. The van der Waals surface area contributed by atoms with Crippen molar-refractivity contribution in [1.82, 2.24) is 5.32 Å². The Kier molecular flexibility index (Phi) is 6.74. The quantitative estimate of drug-likeness (QED) is 0.692. The van der Waals surface area contributed by atoms with Crippen molar-refractivity contribution in [3.63, 3.8) is 0 Å². The molecular weight excluding hydrogens is 372 g/mol. The second kappa shape index (κ2) is 9.24. The molecule has 2 atom stereocenters. The summed E-state index contributed by atoms with van der Waals surface area (Å²) in [5.41, 5.74) is 4.28. The molecule has 1 fully saturated rings. The molecule has 28 heavy (non-hydrogen) atoms. The van der Waals surface area contributed by atoms with Crippen LogP contribution in [0.2, 0.25) is 5.02 Å². The van der Waals surface area contributed by atoms with E-state index in [1.165, 1.54) is 0 Å². The minimum atomic E-state index is -0.235. The van der Waals surface area contributed by atoms with Crippen molar-refractivity contribution < 1.29 is 9.59 Å². The first-order valence-corrected chi connectivity index (χ1v) is 10.3. The Morgan fingerprint density at radius 1 is 1.00 bits per heavy atom. The normalized spacial score (nSPS) is 17.8. The molecule has 148 valence electrons. The Bertz CT molecular complexity index is 843. The van der Waals surface area contributed by atoms with Gasteiger partial charge in [-0.2, -0.15) is 0 Å². The Hall–Kier alpha value is -2.33. The molecule has 1 aliphatic rings. The van der Waals surface area contributed by atoms with Crippen LogP contribution in [-0.2, 0) is 28.9 Å². The van der Waals surface area contributed by atoms with Gasteiger partial charge in [-0.05, 0) is 54.5 Å². The molecule has 0 heterocycles. The van der Waals surface area contributed by atoms with Crippen molar-refractivity contribution in [1.29, 1.82) is 0 Å². The van der Waals surface area contributed by atoms with Crippen LogP contribution >= 0.6 is 11.6 Å². The van der Waals surface area contributed by atoms with Crippen LogP contribution in [0.15, 0.2) is 42.5 Å². The lowest BCUT2D eigenvalue weighted by Gasteiger charge is -2.14.